The fourth-order valence-corrected chi connectivity index (χ4v) is 1.73. The van der Waals surface area contributed by atoms with E-state index in [1.165, 1.54) is 0 Å². The van der Waals surface area contributed by atoms with Crippen molar-refractivity contribution in [3.63, 3.8) is 0 Å². The van der Waals surface area contributed by atoms with Crippen molar-refractivity contribution in [3.05, 3.63) is 12.7 Å². The largest absolute Gasteiger partial charge is 0.444 e. The molecule has 5 heteroatoms. The van der Waals surface area contributed by atoms with Crippen LogP contribution in [0.3, 0.4) is 0 Å². The second-order valence-electron chi connectivity index (χ2n) is 6.22. The Kier molecular flexibility index (Phi) is 9.50. The predicted molar refractivity (Wildman–Crippen MR) is 85.1 cm³/mol. The summed E-state index contributed by atoms with van der Waals surface area (Å²) in [4.78, 5) is 22.9. The number of alkyl carbamates (subject to hydrolysis) is 1. The maximum atomic E-state index is 11.5. The van der Waals surface area contributed by atoms with Crippen LogP contribution in [0.2, 0.25) is 0 Å². The summed E-state index contributed by atoms with van der Waals surface area (Å²) in [6, 6.07) is 0.156. The molecule has 0 aliphatic rings. The number of carbonyl (C=O) groups is 2. The van der Waals surface area contributed by atoms with Gasteiger partial charge in [0.05, 0.1) is 0 Å². The van der Waals surface area contributed by atoms with Crippen molar-refractivity contribution in [3.8, 4) is 0 Å². The van der Waals surface area contributed by atoms with E-state index in [-0.39, 0.29) is 18.0 Å². The molecule has 2 amide bonds. The molecule has 5 nitrogen and oxygen atoms in total. The molecule has 0 aromatic heterocycles. The molecule has 0 aliphatic heterocycles. The molecule has 0 spiro atoms. The van der Waals surface area contributed by atoms with E-state index in [4.69, 9.17) is 4.74 Å². The molecule has 0 aromatic carbocycles. The van der Waals surface area contributed by atoms with Gasteiger partial charge in [0.15, 0.2) is 0 Å². The SMILES string of the molecule is C=CCCC(=O)N[C@H](C)CCCCNC(=O)OC(C)(C)C. The van der Waals surface area contributed by atoms with E-state index in [2.05, 4.69) is 17.2 Å². The first kappa shape index (κ1) is 19.5. The smallest absolute Gasteiger partial charge is 0.407 e. The highest BCUT2D eigenvalue weighted by Crippen LogP contribution is 2.06. The van der Waals surface area contributed by atoms with Crippen molar-refractivity contribution in [2.24, 2.45) is 0 Å². The van der Waals surface area contributed by atoms with Crippen molar-refractivity contribution in [1.29, 1.82) is 0 Å². The van der Waals surface area contributed by atoms with Gasteiger partial charge < -0.3 is 15.4 Å². The Morgan fingerprint density at radius 2 is 1.95 bits per heavy atom. The molecule has 0 aliphatic carbocycles. The van der Waals surface area contributed by atoms with E-state index in [0.717, 1.165) is 19.3 Å². The molecule has 2 N–H and O–H groups in total. The van der Waals surface area contributed by atoms with Gasteiger partial charge in [-0.05, 0) is 53.4 Å². The minimum absolute atomic E-state index is 0.0641. The first-order chi connectivity index (χ1) is 9.74. The molecule has 122 valence electrons. The summed E-state index contributed by atoms with van der Waals surface area (Å²) in [5.74, 6) is 0.0641. The van der Waals surface area contributed by atoms with Crippen LogP contribution in [0.5, 0.6) is 0 Å². The number of nitrogens with one attached hydrogen (secondary N) is 2. The van der Waals surface area contributed by atoms with E-state index >= 15 is 0 Å². The van der Waals surface area contributed by atoms with Gasteiger partial charge in [-0.25, -0.2) is 4.79 Å². The fourth-order valence-electron chi connectivity index (χ4n) is 1.73. The summed E-state index contributed by atoms with van der Waals surface area (Å²) >= 11 is 0. The van der Waals surface area contributed by atoms with Crippen molar-refractivity contribution in [1.82, 2.24) is 10.6 Å². The molecule has 0 radical (unpaired) electrons. The normalized spacial score (nSPS) is 12.4. The molecule has 0 heterocycles. The van der Waals surface area contributed by atoms with Crippen LogP contribution in [-0.2, 0) is 9.53 Å². The van der Waals surface area contributed by atoms with Crippen molar-refractivity contribution >= 4 is 12.0 Å². The molecular formula is C16H30N2O3. The highest BCUT2D eigenvalue weighted by molar-refractivity contribution is 5.76. The number of unbranched alkanes of at least 4 members (excludes halogenated alkanes) is 1. The third-order valence-corrected chi connectivity index (χ3v) is 2.72. The Morgan fingerprint density at radius 3 is 2.52 bits per heavy atom. The zero-order valence-electron chi connectivity index (χ0n) is 13.8. The highest BCUT2D eigenvalue weighted by Gasteiger charge is 2.15. The van der Waals surface area contributed by atoms with Crippen LogP contribution in [-0.4, -0.2) is 30.2 Å². The first-order valence-corrected chi connectivity index (χ1v) is 7.61. The molecule has 1 atom stereocenters. The number of hydrogen-bond donors (Lipinski definition) is 2. The van der Waals surface area contributed by atoms with Crippen molar-refractivity contribution in [2.75, 3.05) is 6.54 Å². The van der Waals surface area contributed by atoms with E-state index in [9.17, 15) is 9.59 Å². The summed E-state index contributed by atoms with van der Waals surface area (Å²) in [6.45, 7) is 11.7. The summed E-state index contributed by atoms with van der Waals surface area (Å²) in [5, 5.41) is 5.67. The maximum absolute atomic E-state index is 11.5. The number of carbonyl (C=O) groups excluding carboxylic acids is 2. The van der Waals surface area contributed by atoms with Gasteiger partial charge in [0, 0.05) is 19.0 Å². The quantitative estimate of drug-likeness (QED) is 0.507. The van der Waals surface area contributed by atoms with E-state index in [0.29, 0.717) is 19.4 Å². The van der Waals surface area contributed by atoms with E-state index in [1.54, 1.807) is 6.08 Å². The average molecular weight is 298 g/mol. The number of amides is 2. The van der Waals surface area contributed by atoms with Gasteiger partial charge in [-0.1, -0.05) is 6.08 Å². The Morgan fingerprint density at radius 1 is 1.29 bits per heavy atom. The Hall–Kier alpha value is -1.52. The number of allylic oxidation sites excluding steroid dienone is 1. The molecule has 0 unspecified atom stereocenters. The van der Waals surface area contributed by atoms with Crippen LogP contribution in [0.25, 0.3) is 0 Å². The topological polar surface area (TPSA) is 67.4 Å². The Balaban J connectivity index is 3.60. The zero-order valence-corrected chi connectivity index (χ0v) is 13.8. The predicted octanol–water partition coefficient (Wildman–Crippen LogP) is 3.15. The van der Waals surface area contributed by atoms with Crippen LogP contribution >= 0.6 is 0 Å². The van der Waals surface area contributed by atoms with Crippen molar-refractivity contribution in [2.45, 2.75) is 71.4 Å². The first-order valence-electron chi connectivity index (χ1n) is 7.61. The number of rotatable bonds is 9. The second kappa shape index (κ2) is 10.2. The van der Waals surface area contributed by atoms with Gasteiger partial charge in [-0.2, -0.15) is 0 Å². The summed E-state index contributed by atoms with van der Waals surface area (Å²) < 4.78 is 5.14. The van der Waals surface area contributed by atoms with Gasteiger partial charge in [0.25, 0.3) is 0 Å². The fraction of sp³-hybridized carbons (Fsp3) is 0.750. The third kappa shape index (κ3) is 13.2. The van der Waals surface area contributed by atoms with Crippen LogP contribution in [0.15, 0.2) is 12.7 Å². The van der Waals surface area contributed by atoms with Crippen LogP contribution in [0, 0.1) is 0 Å². The monoisotopic (exact) mass is 298 g/mol. The van der Waals surface area contributed by atoms with Crippen molar-refractivity contribution < 1.29 is 14.3 Å². The lowest BCUT2D eigenvalue weighted by Gasteiger charge is -2.19. The van der Waals surface area contributed by atoms with Crippen LogP contribution < -0.4 is 10.6 Å². The molecular weight excluding hydrogens is 268 g/mol. The molecule has 0 bridgehead atoms. The summed E-state index contributed by atoms with van der Waals surface area (Å²) in [6.07, 6.45) is 5.27. The number of hydrogen-bond acceptors (Lipinski definition) is 3. The average Bonchev–Trinajstić information content (AvgIpc) is 2.33. The summed E-state index contributed by atoms with van der Waals surface area (Å²) in [5.41, 5.74) is -0.464. The third-order valence-electron chi connectivity index (χ3n) is 2.72. The molecule has 21 heavy (non-hydrogen) atoms. The molecule has 0 rings (SSSR count). The van der Waals surface area contributed by atoms with Gasteiger partial charge in [0.1, 0.15) is 5.60 Å². The molecule has 0 saturated carbocycles. The molecule has 0 fully saturated rings. The number of ether oxygens (including phenoxy) is 1. The second-order valence-corrected chi connectivity index (χ2v) is 6.22. The lowest BCUT2D eigenvalue weighted by Crippen LogP contribution is -2.33. The van der Waals surface area contributed by atoms with Gasteiger partial charge >= 0.3 is 6.09 Å². The van der Waals surface area contributed by atoms with E-state index in [1.807, 2.05) is 27.7 Å². The highest BCUT2D eigenvalue weighted by atomic mass is 16.6. The van der Waals surface area contributed by atoms with Gasteiger partial charge in [-0.3, -0.25) is 4.79 Å². The summed E-state index contributed by atoms with van der Waals surface area (Å²) in [7, 11) is 0. The van der Waals surface area contributed by atoms with E-state index < -0.39 is 5.60 Å². The Labute approximate surface area is 128 Å². The van der Waals surface area contributed by atoms with Gasteiger partial charge in [0.2, 0.25) is 5.91 Å². The minimum atomic E-state index is -0.464. The molecule has 0 saturated heterocycles. The minimum Gasteiger partial charge on any atom is -0.444 e. The van der Waals surface area contributed by atoms with Gasteiger partial charge in [-0.15, -0.1) is 6.58 Å². The molecule has 0 aromatic rings. The lowest BCUT2D eigenvalue weighted by molar-refractivity contribution is -0.121. The van der Waals surface area contributed by atoms with Crippen LogP contribution in [0.1, 0.15) is 59.8 Å². The zero-order chi connectivity index (χ0) is 16.3. The Bertz CT molecular complexity index is 335. The standard InChI is InChI=1S/C16H30N2O3/c1-6-7-11-14(19)18-13(2)10-8-9-12-17-15(20)21-16(3,4)5/h6,13H,1,7-12H2,2-5H3,(H,17,20)(H,18,19)/t13-/m1/s1. The maximum Gasteiger partial charge on any atom is 0.407 e. The van der Waals surface area contributed by atoms with Crippen LogP contribution in [0.4, 0.5) is 4.79 Å². The lowest BCUT2D eigenvalue weighted by atomic mass is 10.1.